The summed E-state index contributed by atoms with van der Waals surface area (Å²) < 4.78 is 31.6. The van der Waals surface area contributed by atoms with Gasteiger partial charge in [-0.1, -0.05) is 6.92 Å². The largest absolute Gasteiger partial charge is 0.380 e. The van der Waals surface area contributed by atoms with E-state index >= 15 is 0 Å². The van der Waals surface area contributed by atoms with Crippen LogP contribution in [-0.2, 0) is 4.74 Å². The fraction of sp³-hybridized carbons (Fsp3) is 0.562. The molecular weight excluding hydrogens is 276 g/mol. The molecule has 0 spiro atoms. The van der Waals surface area contributed by atoms with Gasteiger partial charge in [-0.15, -0.1) is 0 Å². The van der Waals surface area contributed by atoms with Crippen molar-refractivity contribution in [2.24, 2.45) is 5.92 Å². The summed E-state index contributed by atoms with van der Waals surface area (Å²) in [4.78, 5) is 14.5. The number of methoxy groups -OCH3 is 1. The van der Waals surface area contributed by atoms with E-state index in [-0.39, 0.29) is 23.5 Å². The molecule has 1 aliphatic heterocycles. The highest BCUT2D eigenvalue weighted by molar-refractivity contribution is 5.99. The van der Waals surface area contributed by atoms with Crippen LogP contribution in [0.3, 0.4) is 0 Å². The second-order valence-corrected chi connectivity index (χ2v) is 5.70. The molecule has 5 heteroatoms. The van der Waals surface area contributed by atoms with Crippen LogP contribution in [0.4, 0.5) is 8.78 Å². The van der Waals surface area contributed by atoms with Gasteiger partial charge in [-0.25, -0.2) is 8.78 Å². The Balaban J connectivity index is 2.10. The van der Waals surface area contributed by atoms with Crippen molar-refractivity contribution in [2.75, 3.05) is 20.2 Å². The molecule has 1 aromatic rings. The first kappa shape index (κ1) is 16.0. The summed E-state index contributed by atoms with van der Waals surface area (Å²) in [6.45, 7) is 5.41. The van der Waals surface area contributed by atoms with Crippen LogP contribution in [0.5, 0.6) is 0 Å². The first-order valence-corrected chi connectivity index (χ1v) is 7.20. The maximum absolute atomic E-state index is 13.3. The molecule has 1 aromatic carbocycles. The fourth-order valence-electron chi connectivity index (χ4n) is 2.77. The van der Waals surface area contributed by atoms with Crippen LogP contribution in [0, 0.1) is 17.6 Å². The number of halogens is 2. The average Bonchev–Trinajstić information content (AvgIpc) is 2.49. The number of carbonyl (C=O) groups excluding carboxylic acids is 1. The molecule has 1 saturated heterocycles. The fourth-order valence-corrected chi connectivity index (χ4v) is 2.77. The number of hydrogen-bond donors (Lipinski definition) is 0. The van der Waals surface area contributed by atoms with Crippen molar-refractivity contribution in [3.05, 3.63) is 35.4 Å². The number of likely N-dealkylation sites (tertiary alicyclic amines) is 1. The Bertz CT molecular complexity index is 521. The molecule has 1 fully saturated rings. The number of nitrogens with zero attached hydrogens (tertiary/aromatic N) is 1. The molecule has 0 N–H and O–H groups in total. The summed E-state index contributed by atoms with van der Waals surface area (Å²) in [5.41, 5.74) is 0.203. The zero-order valence-corrected chi connectivity index (χ0v) is 12.6. The van der Waals surface area contributed by atoms with Gasteiger partial charge in [0.15, 0.2) is 17.4 Å². The Morgan fingerprint density at radius 3 is 2.71 bits per heavy atom. The van der Waals surface area contributed by atoms with Gasteiger partial charge in [0.25, 0.3) is 0 Å². The van der Waals surface area contributed by atoms with E-state index in [1.54, 1.807) is 14.0 Å². The quantitative estimate of drug-likeness (QED) is 0.800. The third-order valence-electron chi connectivity index (χ3n) is 4.35. The summed E-state index contributed by atoms with van der Waals surface area (Å²) in [5.74, 6) is -1.67. The topological polar surface area (TPSA) is 29.5 Å². The van der Waals surface area contributed by atoms with Gasteiger partial charge in [-0.3, -0.25) is 9.69 Å². The average molecular weight is 297 g/mol. The molecule has 3 unspecified atom stereocenters. The molecule has 0 aliphatic carbocycles. The summed E-state index contributed by atoms with van der Waals surface area (Å²) in [6, 6.07) is 2.91. The van der Waals surface area contributed by atoms with Gasteiger partial charge >= 0.3 is 0 Å². The van der Waals surface area contributed by atoms with E-state index in [2.05, 4.69) is 6.92 Å². The SMILES string of the molecule is COC1CN(C(C)C(=O)c2ccc(F)c(F)c2)CCC1C. The van der Waals surface area contributed by atoms with Crippen LogP contribution >= 0.6 is 0 Å². The van der Waals surface area contributed by atoms with Crippen LogP contribution in [0.2, 0.25) is 0 Å². The lowest BCUT2D eigenvalue weighted by Crippen LogP contribution is -2.50. The molecule has 21 heavy (non-hydrogen) atoms. The Labute approximate surface area is 123 Å². The molecule has 3 nitrogen and oxygen atoms in total. The van der Waals surface area contributed by atoms with Crippen LogP contribution in [0.15, 0.2) is 18.2 Å². The molecule has 1 heterocycles. The van der Waals surface area contributed by atoms with Crippen molar-refractivity contribution in [1.82, 2.24) is 4.90 Å². The molecule has 0 amide bonds. The maximum Gasteiger partial charge on any atom is 0.179 e. The van der Waals surface area contributed by atoms with Crippen molar-refractivity contribution in [3.8, 4) is 0 Å². The monoisotopic (exact) mass is 297 g/mol. The molecule has 0 bridgehead atoms. The molecule has 0 saturated carbocycles. The molecule has 0 radical (unpaired) electrons. The number of carbonyl (C=O) groups is 1. The minimum atomic E-state index is -0.991. The number of hydrogen-bond acceptors (Lipinski definition) is 3. The Morgan fingerprint density at radius 1 is 1.38 bits per heavy atom. The second-order valence-electron chi connectivity index (χ2n) is 5.70. The van der Waals surface area contributed by atoms with E-state index in [1.165, 1.54) is 6.07 Å². The maximum atomic E-state index is 13.3. The van der Waals surface area contributed by atoms with Gasteiger partial charge in [-0.2, -0.15) is 0 Å². The first-order valence-electron chi connectivity index (χ1n) is 7.20. The zero-order valence-electron chi connectivity index (χ0n) is 12.6. The summed E-state index contributed by atoms with van der Waals surface area (Å²) in [5, 5.41) is 0. The molecule has 116 valence electrons. The predicted octanol–water partition coefficient (Wildman–Crippen LogP) is 2.89. The van der Waals surface area contributed by atoms with Crippen molar-refractivity contribution >= 4 is 5.78 Å². The molecule has 0 aromatic heterocycles. The standard InChI is InChI=1S/C16H21F2NO2/c1-10-6-7-19(9-15(10)21-3)11(2)16(20)12-4-5-13(17)14(18)8-12/h4-5,8,10-11,15H,6-7,9H2,1-3H3. The number of Topliss-reactive ketones (excluding diaryl/α,β-unsaturated/α-hetero) is 1. The number of benzene rings is 1. The van der Waals surface area contributed by atoms with Crippen molar-refractivity contribution in [1.29, 1.82) is 0 Å². The van der Waals surface area contributed by atoms with E-state index in [9.17, 15) is 13.6 Å². The summed E-state index contributed by atoms with van der Waals surface area (Å²) in [7, 11) is 1.67. The normalized spacial score (nSPS) is 24.8. The van der Waals surface area contributed by atoms with Crippen molar-refractivity contribution in [3.63, 3.8) is 0 Å². The highest BCUT2D eigenvalue weighted by atomic mass is 19.2. The molecule has 3 atom stereocenters. The molecular formula is C16H21F2NO2. The highest BCUT2D eigenvalue weighted by Crippen LogP contribution is 2.22. The number of piperidine rings is 1. The van der Waals surface area contributed by atoms with Gasteiger partial charge in [0, 0.05) is 19.2 Å². The number of ketones is 1. The lowest BCUT2D eigenvalue weighted by atomic mass is 9.93. The third-order valence-corrected chi connectivity index (χ3v) is 4.35. The zero-order chi connectivity index (χ0) is 15.6. The van der Waals surface area contributed by atoms with Crippen LogP contribution in [0.25, 0.3) is 0 Å². The van der Waals surface area contributed by atoms with E-state index in [4.69, 9.17) is 4.74 Å². The molecule has 1 aliphatic rings. The number of ether oxygens (including phenoxy) is 1. The van der Waals surface area contributed by atoms with Crippen molar-refractivity contribution in [2.45, 2.75) is 32.4 Å². The Morgan fingerprint density at radius 2 is 2.10 bits per heavy atom. The van der Waals surface area contributed by atoms with Gasteiger partial charge < -0.3 is 4.74 Å². The lowest BCUT2D eigenvalue weighted by molar-refractivity contribution is -0.0139. The minimum absolute atomic E-state index is 0.0963. The minimum Gasteiger partial charge on any atom is -0.380 e. The number of rotatable bonds is 4. The molecule has 2 rings (SSSR count). The van der Waals surface area contributed by atoms with Gasteiger partial charge in [0.1, 0.15) is 0 Å². The first-order chi connectivity index (χ1) is 9.93. The summed E-state index contributed by atoms with van der Waals surface area (Å²) in [6.07, 6.45) is 1.05. The second kappa shape index (κ2) is 6.62. The predicted molar refractivity (Wildman–Crippen MR) is 76.3 cm³/mol. The van der Waals surface area contributed by atoms with Crippen LogP contribution in [0.1, 0.15) is 30.6 Å². The van der Waals surface area contributed by atoms with Gasteiger partial charge in [0.2, 0.25) is 0 Å². The van der Waals surface area contributed by atoms with E-state index < -0.39 is 11.6 Å². The highest BCUT2D eigenvalue weighted by Gasteiger charge is 2.31. The Kier molecular flexibility index (Phi) is 5.06. The third kappa shape index (κ3) is 3.47. The van der Waals surface area contributed by atoms with E-state index in [1.807, 2.05) is 4.90 Å². The van der Waals surface area contributed by atoms with E-state index in [0.29, 0.717) is 12.5 Å². The lowest BCUT2D eigenvalue weighted by Gasteiger charge is -2.38. The summed E-state index contributed by atoms with van der Waals surface area (Å²) >= 11 is 0. The smallest absolute Gasteiger partial charge is 0.179 e. The van der Waals surface area contributed by atoms with Crippen LogP contribution < -0.4 is 0 Å². The van der Waals surface area contributed by atoms with E-state index in [0.717, 1.165) is 25.1 Å². The van der Waals surface area contributed by atoms with Crippen molar-refractivity contribution < 1.29 is 18.3 Å². The Hall–Kier alpha value is -1.33. The van der Waals surface area contributed by atoms with Crippen LogP contribution in [-0.4, -0.2) is 43.0 Å². The van der Waals surface area contributed by atoms with Gasteiger partial charge in [-0.05, 0) is 44.0 Å². The van der Waals surface area contributed by atoms with Gasteiger partial charge in [0.05, 0.1) is 12.1 Å².